The minimum Gasteiger partial charge on any atom is -0.497 e. The molecule has 2 aromatic rings. The molecule has 2 unspecified atom stereocenters. The van der Waals surface area contributed by atoms with Gasteiger partial charge in [0.1, 0.15) is 11.5 Å². The van der Waals surface area contributed by atoms with E-state index in [0.717, 1.165) is 24.3 Å². The van der Waals surface area contributed by atoms with Crippen molar-refractivity contribution in [3.05, 3.63) is 40.6 Å². The van der Waals surface area contributed by atoms with E-state index in [4.69, 9.17) is 14.2 Å². The minimum atomic E-state index is -0.388. The Kier molecular flexibility index (Phi) is 6.77. The molecule has 8 heteroatoms. The van der Waals surface area contributed by atoms with Gasteiger partial charge in [0.25, 0.3) is 0 Å². The lowest BCUT2D eigenvalue weighted by atomic mass is 10.1. The van der Waals surface area contributed by atoms with E-state index in [0.29, 0.717) is 36.8 Å². The van der Waals surface area contributed by atoms with Gasteiger partial charge in [0.15, 0.2) is 0 Å². The fourth-order valence-electron chi connectivity index (χ4n) is 4.23. The molecule has 1 aromatic heterocycles. The first-order chi connectivity index (χ1) is 15.1. The molecule has 0 saturated carbocycles. The summed E-state index contributed by atoms with van der Waals surface area (Å²) in [6.07, 6.45) is 2.25. The maximum atomic E-state index is 13.5. The SMILES string of the molecule is COc1ccc(N2CC(C(=O)N(Cc3cccs3)CC3CCCO3)CC2=O)c(OC)c1. The number of carbonyl (C=O) groups is 2. The Hall–Kier alpha value is -2.58. The Balaban J connectivity index is 1.51. The summed E-state index contributed by atoms with van der Waals surface area (Å²) in [5, 5.41) is 2.01. The molecule has 0 radical (unpaired) electrons. The van der Waals surface area contributed by atoms with Gasteiger partial charge in [-0.15, -0.1) is 11.3 Å². The van der Waals surface area contributed by atoms with Crippen LogP contribution in [0.2, 0.25) is 0 Å². The predicted molar refractivity (Wildman–Crippen MR) is 119 cm³/mol. The molecule has 2 aliphatic rings. The van der Waals surface area contributed by atoms with Crippen LogP contribution in [0.4, 0.5) is 5.69 Å². The lowest BCUT2D eigenvalue weighted by Gasteiger charge is -2.27. The fraction of sp³-hybridized carbons (Fsp3) is 0.478. The third-order valence-electron chi connectivity index (χ3n) is 5.84. The molecular weight excluding hydrogens is 416 g/mol. The second-order valence-electron chi connectivity index (χ2n) is 7.88. The van der Waals surface area contributed by atoms with Crippen LogP contribution in [0.25, 0.3) is 0 Å². The van der Waals surface area contributed by atoms with Crippen molar-refractivity contribution >= 4 is 28.8 Å². The molecule has 2 atom stereocenters. The first-order valence-electron chi connectivity index (χ1n) is 10.5. The van der Waals surface area contributed by atoms with Crippen molar-refractivity contribution in [2.24, 2.45) is 5.92 Å². The molecule has 3 heterocycles. The molecule has 7 nitrogen and oxygen atoms in total. The molecule has 2 saturated heterocycles. The van der Waals surface area contributed by atoms with Crippen LogP contribution >= 0.6 is 11.3 Å². The van der Waals surface area contributed by atoms with Crippen molar-refractivity contribution in [3.63, 3.8) is 0 Å². The van der Waals surface area contributed by atoms with Crippen LogP contribution in [-0.4, -0.2) is 56.7 Å². The molecule has 31 heavy (non-hydrogen) atoms. The fourth-order valence-corrected chi connectivity index (χ4v) is 4.95. The summed E-state index contributed by atoms with van der Waals surface area (Å²) in [6.45, 7) is 2.20. The Morgan fingerprint density at radius 2 is 2.16 bits per heavy atom. The van der Waals surface area contributed by atoms with Gasteiger partial charge in [0.05, 0.1) is 38.5 Å². The average Bonchev–Trinajstić information content (AvgIpc) is 3.55. The van der Waals surface area contributed by atoms with E-state index < -0.39 is 0 Å². The van der Waals surface area contributed by atoms with Crippen molar-refractivity contribution in [2.45, 2.75) is 31.9 Å². The highest BCUT2D eigenvalue weighted by Crippen LogP contribution is 2.36. The number of amides is 2. The number of nitrogens with zero attached hydrogens (tertiary/aromatic N) is 2. The van der Waals surface area contributed by atoms with E-state index in [1.54, 1.807) is 48.7 Å². The lowest BCUT2D eigenvalue weighted by Crippen LogP contribution is -2.41. The van der Waals surface area contributed by atoms with Gasteiger partial charge in [-0.3, -0.25) is 9.59 Å². The zero-order valence-corrected chi connectivity index (χ0v) is 18.7. The first kappa shape index (κ1) is 21.6. The Morgan fingerprint density at radius 1 is 1.29 bits per heavy atom. The molecule has 2 amide bonds. The van der Waals surface area contributed by atoms with Gasteiger partial charge in [-0.05, 0) is 36.4 Å². The van der Waals surface area contributed by atoms with E-state index in [1.165, 1.54) is 0 Å². The molecular formula is C23H28N2O5S. The summed E-state index contributed by atoms with van der Waals surface area (Å²) < 4.78 is 16.5. The summed E-state index contributed by atoms with van der Waals surface area (Å²) >= 11 is 1.64. The van der Waals surface area contributed by atoms with Gasteiger partial charge in [0, 0.05) is 37.1 Å². The number of anilines is 1. The van der Waals surface area contributed by atoms with Crippen molar-refractivity contribution in [3.8, 4) is 11.5 Å². The Labute approximate surface area is 186 Å². The van der Waals surface area contributed by atoms with Crippen molar-refractivity contribution in [1.29, 1.82) is 0 Å². The van der Waals surface area contributed by atoms with Gasteiger partial charge < -0.3 is 24.0 Å². The zero-order chi connectivity index (χ0) is 21.8. The van der Waals surface area contributed by atoms with Crippen molar-refractivity contribution in [2.75, 3.05) is 38.8 Å². The number of carbonyl (C=O) groups excluding carboxylic acids is 2. The maximum Gasteiger partial charge on any atom is 0.228 e. The second kappa shape index (κ2) is 9.70. The lowest BCUT2D eigenvalue weighted by molar-refractivity contribution is -0.138. The van der Waals surface area contributed by atoms with E-state index in [-0.39, 0.29) is 30.3 Å². The van der Waals surface area contributed by atoms with Gasteiger partial charge in [0.2, 0.25) is 11.8 Å². The van der Waals surface area contributed by atoms with Crippen LogP contribution < -0.4 is 14.4 Å². The number of hydrogen-bond donors (Lipinski definition) is 0. The third-order valence-corrected chi connectivity index (χ3v) is 6.70. The van der Waals surface area contributed by atoms with Crippen LogP contribution in [0.15, 0.2) is 35.7 Å². The minimum absolute atomic E-state index is 0.00669. The molecule has 0 N–H and O–H groups in total. The highest BCUT2D eigenvalue weighted by atomic mass is 32.1. The summed E-state index contributed by atoms with van der Waals surface area (Å²) in [7, 11) is 3.15. The molecule has 2 aliphatic heterocycles. The van der Waals surface area contributed by atoms with E-state index in [2.05, 4.69) is 0 Å². The van der Waals surface area contributed by atoms with Crippen molar-refractivity contribution < 1.29 is 23.8 Å². The first-order valence-corrected chi connectivity index (χ1v) is 11.4. The van der Waals surface area contributed by atoms with Crippen LogP contribution in [0.3, 0.4) is 0 Å². The number of benzene rings is 1. The number of hydrogen-bond acceptors (Lipinski definition) is 6. The van der Waals surface area contributed by atoms with Crippen LogP contribution in [0, 0.1) is 5.92 Å². The van der Waals surface area contributed by atoms with Crippen LogP contribution in [0.5, 0.6) is 11.5 Å². The van der Waals surface area contributed by atoms with Crippen LogP contribution in [0.1, 0.15) is 24.1 Å². The van der Waals surface area contributed by atoms with Crippen LogP contribution in [-0.2, 0) is 20.9 Å². The second-order valence-corrected chi connectivity index (χ2v) is 8.91. The molecule has 0 aliphatic carbocycles. The standard InChI is InChI=1S/C23H28N2O5S/c1-28-17-7-8-20(21(12-17)29-2)25-13-16(11-22(25)26)23(27)24(14-18-5-3-9-30-18)15-19-6-4-10-31-19/h4,6-8,10,12,16,18H,3,5,9,11,13-15H2,1-2H3. The van der Waals surface area contributed by atoms with E-state index >= 15 is 0 Å². The highest BCUT2D eigenvalue weighted by molar-refractivity contribution is 7.09. The number of methoxy groups -OCH3 is 2. The molecule has 4 rings (SSSR count). The third kappa shape index (κ3) is 4.85. The molecule has 1 aromatic carbocycles. The molecule has 0 spiro atoms. The monoisotopic (exact) mass is 444 g/mol. The summed E-state index contributed by atoms with van der Waals surface area (Å²) in [4.78, 5) is 31.0. The zero-order valence-electron chi connectivity index (χ0n) is 17.9. The van der Waals surface area contributed by atoms with Gasteiger partial charge in [-0.1, -0.05) is 6.07 Å². The summed E-state index contributed by atoms with van der Waals surface area (Å²) in [5.41, 5.74) is 0.660. The van der Waals surface area contributed by atoms with Gasteiger partial charge >= 0.3 is 0 Å². The normalized spacial score (nSPS) is 20.8. The average molecular weight is 445 g/mol. The maximum absolute atomic E-state index is 13.5. The number of rotatable bonds is 8. The quantitative estimate of drug-likeness (QED) is 0.625. The van der Waals surface area contributed by atoms with Crippen molar-refractivity contribution in [1.82, 2.24) is 4.90 Å². The smallest absolute Gasteiger partial charge is 0.228 e. The highest BCUT2D eigenvalue weighted by Gasteiger charge is 2.39. The molecule has 166 valence electrons. The number of thiophene rings is 1. The van der Waals surface area contributed by atoms with E-state index in [9.17, 15) is 9.59 Å². The largest absolute Gasteiger partial charge is 0.497 e. The van der Waals surface area contributed by atoms with Gasteiger partial charge in [-0.25, -0.2) is 0 Å². The number of ether oxygens (including phenoxy) is 3. The molecule has 0 bridgehead atoms. The summed E-state index contributed by atoms with van der Waals surface area (Å²) in [5.74, 6) is 0.747. The molecule has 2 fully saturated rings. The Morgan fingerprint density at radius 3 is 2.84 bits per heavy atom. The summed E-state index contributed by atoms with van der Waals surface area (Å²) in [6, 6.07) is 9.37. The predicted octanol–water partition coefficient (Wildman–Crippen LogP) is 3.33. The topological polar surface area (TPSA) is 68.3 Å². The van der Waals surface area contributed by atoms with Gasteiger partial charge in [-0.2, -0.15) is 0 Å². The Bertz CT molecular complexity index is 911. The van der Waals surface area contributed by atoms with E-state index in [1.807, 2.05) is 22.4 Å².